The number of carbonyl (C=O) groups excluding carboxylic acids is 3. The number of hydrogen-bond donors (Lipinski definition) is 3. The van der Waals surface area contributed by atoms with E-state index in [0.29, 0.717) is 22.0 Å². The SMILES string of the molecule is COc1cccc2c1NC(=O)C(NC(=O)C(CCC(F)(F)F)CC(N)=O)N=C2c1ccc(Cl)cn1. The summed E-state index contributed by atoms with van der Waals surface area (Å²) in [5, 5.41) is 5.30. The van der Waals surface area contributed by atoms with Crippen LogP contribution in [-0.2, 0) is 14.4 Å². The number of nitrogens with two attached hydrogens (primary N) is 1. The van der Waals surface area contributed by atoms with Crippen molar-refractivity contribution in [2.75, 3.05) is 12.4 Å². The maximum atomic E-state index is 13.0. The molecule has 2 aromatic rings. The number of para-hydroxylation sites is 1. The Morgan fingerprint density at radius 2 is 2.03 bits per heavy atom. The molecule has 2 unspecified atom stereocenters. The average molecular weight is 512 g/mol. The molecule has 0 aliphatic carbocycles. The maximum absolute atomic E-state index is 13.0. The summed E-state index contributed by atoms with van der Waals surface area (Å²) in [6.45, 7) is 0. The van der Waals surface area contributed by atoms with E-state index in [9.17, 15) is 27.6 Å². The third kappa shape index (κ3) is 6.69. The second-order valence-corrected chi connectivity index (χ2v) is 8.08. The largest absolute Gasteiger partial charge is 0.495 e. The fourth-order valence-corrected chi connectivity index (χ4v) is 3.57. The Labute approximate surface area is 202 Å². The number of ether oxygens (including phenoxy) is 1. The summed E-state index contributed by atoms with van der Waals surface area (Å²) in [5.74, 6) is -3.81. The lowest BCUT2D eigenvalue weighted by Crippen LogP contribution is -2.45. The van der Waals surface area contributed by atoms with Crippen molar-refractivity contribution < 1.29 is 32.3 Å². The number of amides is 3. The lowest BCUT2D eigenvalue weighted by atomic mass is 9.97. The smallest absolute Gasteiger partial charge is 0.389 e. The van der Waals surface area contributed by atoms with Crippen LogP contribution in [0.25, 0.3) is 0 Å². The van der Waals surface area contributed by atoms with E-state index in [1.165, 1.54) is 13.3 Å². The number of rotatable bonds is 8. The molecule has 1 aliphatic heterocycles. The number of halogens is 4. The predicted octanol–water partition coefficient (Wildman–Crippen LogP) is 2.81. The van der Waals surface area contributed by atoms with Gasteiger partial charge in [0, 0.05) is 30.5 Å². The van der Waals surface area contributed by atoms with E-state index >= 15 is 0 Å². The number of pyridine rings is 1. The molecule has 13 heteroatoms. The molecule has 1 aromatic carbocycles. The first kappa shape index (κ1) is 25.9. The zero-order valence-corrected chi connectivity index (χ0v) is 19.1. The molecule has 1 aromatic heterocycles. The number of hydrogen-bond acceptors (Lipinski definition) is 6. The number of alkyl halides is 3. The van der Waals surface area contributed by atoms with Gasteiger partial charge in [0.25, 0.3) is 5.91 Å². The van der Waals surface area contributed by atoms with E-state index in [1.807, 2.05) is 0 Å². The number of benzene rings is 1. The molecule has 3 amide bonds. The molecule has 0 saturated carbocycles. The second-order valence-electron chi connectivity index (χ2n) is 7.64. The lowest BCUT2D eigenvalue weighted by molar-refractivity contribution is -0.143. The van der Waals surface area contributed by atoms with Crippen molar-refractivity contribution in [3.63, 3.8) is 0 Å². The molecule has 9 nitrogen and oxygen atoms in total. The van der Waals surface area contributed by atoms with Crippen LogP contribution in [0.4, 0.5) is 18.9 Å². The summed E-state index contributed by atoms with van der Waals surface area (Å²) >= 11 is 5.93. The summed E-state index contributed by atoms with van der Waals surface area (Å²) < 4.78 is 43.5. The van der Waals surface area contributed by atoms with Gasteiger partial charge in [0.1, 0.15) is 5.75 Å². The standard InChI is InChI=1S/C22H21ClF3N5O4/c1-35-15-4-2-3-13-17(14-6-5-12(23)10-28-14)29-19(21(34)30-18(13)15)31-20(33)11(9-16(27)32)7-8-22(24,25)26/h2-6,10-11,19H,7-9H2,1H3,(H2,27,32)(H,30,34)(H,31,33). The molecular formula is C22H21ClF3N5O4. The highest BCUT2D eigenvalue weighted by Gasteiger charge is 2.34. The average Bonchev–Trinajstić information content (AvgIpc) is 2.92. The number of carbonyl (C=O) groups is 3. The Morgan fingerprint density at radius 3 is 2.63 bits per heavy atom. The van der Waals surface area contributed by atoms with Gasteiger partial charge in [0.05, 0.1) is 29.2 Å². The van der Waals surface area contributed by atoms with Crippen molar-refractivity contribution >= 4 is 40.7 Å². The van der Waals surface area contributed by atoms with Crippen LogP contribution in [0, 0.1) is 5.92 Å². The van der Waals surface area contributed by atoms with Crippen LogP contribution >= 0.6 is 11.6 Å². The number of nitrogens with zero attached hydrogens (tertiary/aromatic N) is 2. The molecular weight excluding hydrogens is 491 g/mol. The zero-order valence-electron chi connectivity index (χ0n) is 18.4. The number of nitrogens with one attached hydrogen (secondary N) is 2. The third-order valence-corrected chi connectivity index (χ3v) is 5.32. The van der Waals surface area contributed by atoms with Gasteiger partial charge in [-0.05, 0) is 24.6 Å². The van der Waals surface area contributed by atoms with Gasteiger partial charge in [0.15, 0.2) is 0 Å². The highest BCUT2D eigenvalue weighted by atomic mass is 35.5. The quantitative estimate of drug-likeness (QED) is 0.500. The van der Waals surface area contributed by atoms with Crippen molar-refractivity contribution in [3.8, 4) is 5.75 Å². The zero-order chi connectivity index (χ0) is 25.8. The fraction of sp³-hybridized carbons (Fsp3) is 0.318. The van der Waals surface area contributed by atoms with Crippen molar-refractivity contribution in [2.24, 2.45) is 16.6 Å². The van der Waals surface area contributed by atoms with Gasteiger partial charge in [-0.3, -0.25) is 19.4 Å². The molecule has 0 bridgehead atoms. The van der Waals surface area contributed by atoms with E-state index in [4.69, 9.17) is 22.1 Å². The number of anilines is 1. The summed E-state index contributed by atoms with van der Waals surface area (Å²) in [5.41, 5.74) is 6.31. The van der Waals surface area contributed by atoms with Gasteiger partial charge < -0.3 is 21.1 Å². The minimum atomic E-state index is -4.54. The van der Waals surface area contributed by atoms with Crippen LogP contribution in [0.2, 0.25) is 5.02 Å². The number of primary amides is 1. The summed E-state index contributed by atoms with van der Waals surface area (Å²) in [4.78, 5) is 45.7. The Bertz CT molecular complexity index is 1150. The van der Waals surface area contributed by atoms with Gasteiger partial charge in [-0.15, -0.1) is 0 Å². The van der Waals surface area contributed by atoms with Crippen LogP contribution in [-0.4, -0.2) is 47.9 Å². The molecule has 0 radical (unpaired) electrons. The molecule has 0 fully saturated rings. The number of benzodiazepines with no additional fused rings is 1. The van der Waals surface area contributed by atoms with E-state index in [1.54, 1.807) is 30.3 Å². The molecule has 35 heavy (non-hydrogen) atoms. The molecule has 4 N–H and O–H groups in total. The Morgan fingerprint density at radius 1 is 1.29 bits per heavy atom. The molecule has 2 atom stereocenters. The third-order valence-electron chi connectivity index (χ3n) is 5.10. The van der Waals surface area contributed by atoms with Crippen LogP contribution in [0.5, 0.6) is 5.75 Å². The minimum absolute atomic E-state index is 0.195. The van der Waals surface area contributed by atoms with E-state index in [0.717, 1.165) is 0 Å². The van der Waals surface area contributed by atoms with Crippen molar-refractivity contribution in [1.82, 2.24) is 10.3 Å². The molecule has 1 aliphatic rings. The molecule has 3 rings (SSSR count). The number of aromatic nitrogens is 1. The highest BCUT2D eigenvalue weighted by Crippen LogP contribution is 2.32. The molecule has 0 spiro atoms. The minimum Gasteiger partial charge on any atom is -0.495 e. The number of aliphatic imine (C=N–C) groups is 1. The Kier molecular flexibility index (Phi) is 7.95. The van der Waals surface area contributed by atoms with Crippen LogP contribution in [0.1, 0.15) is 30.5 Å². The normalized spacial score (nSPS) is 16.3. The highest BCUT2D eigenvalue weighted by molar-refractivity contribution is 6.30. The monoisotopic (exact) mass is 511 g/mol. The van der Waals surface area contributed by atoms with Crippen LogP contribution in [0.3, 0.4) is 0 Å². The van der Waals surface area contributed by atoms with Crippen LogP contribution in [0.15, 0.2) is 41.5 Å². The van der Waals surface area contributed by atoms with Gasteiger partial charge in [0.2, 0.25) is 18.0 Å². The Balaban J connectivity index is 1.99. The van der Waals surface area contributed by atoms with Crippen LogP contribution < -0.4 is 21.1 Å². The van der Waals surface area contributed by atoms with E-state index in [-0.39, 0.29) is 11.4 Å². The van der Waals surface area contributed by atoms with Gasteiger partial charge in [-0.2, -0.15) is 13.2 Å². The first-order valence-electron chi connectivity index (χ1n) is 10.3. The number of methoxy groups -OCH3 is 1. The summed E-state index contributed by atoms with van der Waals surface area (Å²) in [6.07, 6.45) is -7.34. The first-order valence-corrected chi connectivity index (χ1v) is 10.7. The van der Waals surface area contributed by atoms with E-state index in [2.05, 4.69) is 20.6 Å². The second kappa shape index (κ2) is 10.7. The molecule has 0 saturated heterocycles. The van der Waals surface area contributed by atoms with Crippen molar-refractivity contribution in [2.45, 2.75) is 31.6 Å². The van der Waals surface area contributed by atoms with Gasteiger partial charge >= 0.3 is 6.18 Å². The fourth-order valence-electron chi connectivity index (χ4n) is 3.45. The first-order chi connectivity index (χ1) is 16.5. The van der Waals surface area contributed by atoms with Gasteiger partial charge in [-0.25, -0.2) is 4.99 Å². The number of fused-ring (bicyclic) bond motifs is 1. The summed E-state index contributed by atoms with van der Waals surface area (Å²) in [6, 6.07) is 8.02. The molecule has 186 valence electrons. The lowest BCUT2D eigenvalue weighted by Gasteiger charge is -2.19. The van der Waals surface area contributed by atoms with E-state index < -0.39 is 55.2 Å². The van der Waals surface area contributed by atoms with Gasteiger partial charge in [-0.1, -0.05) is 23.7 Å². The summed E-state index contributed by atoms with van der Waals surface area (Å²) in [7, 11) is 1.40. The molecule has 2 heterocycles. The predicted molar refractivity (Wildman–Crippen MR) is 121 cm³/mol. The Hall–Kier alpha value is -3.67. The topological polar surface area (TPSA) is 136 Å². The maximum Gasteiger partial charge on any atom is 0.389 e. The van der Waals surface area contributed by atoms with Crippen molar-refractivity contribution in [1.29, 1.82) is 0 Å². The van der Waals surface area contributed by atoms with Crippen molar-refractivity contribution in [3.05, 3.63) is 52.8 Å².